The highest BCUT2D eigenvalue weighted by Crippen LogP contribution is 2.14. The van der Waals surface area contributed by atoms with Crippen molar-refractivity contribution in [2.45, 2.75) is 13.5 Å². The Bertz CT molecular complexity index is 656. The third-order valence-corrected chi connectivity index (χ3v) is 3.28. The van der Waals surface area contributed by atoms with Gasteiger partial charge in [-0.2, -0.15) is 0 Å². The molecule has 23 heavy (non-hydrogen) atoms. The Morgan fingerprint density at radius 1 is 1.26 bits per heavy atom. The van der Waals surface area contributed by atoms with Crippen molar-refractivity contribution in [3.05, 3.63) is 58.4 Å². The molecule has 1 aromatic carbocycles. The molecule has 0 saturated heterocycles. The van der Waals surface area contributed by atoms with Crippen molar-refractivity contribution in [2.24, 2.45) is 0 Å². The van der Waals surface area contributed by atoms with Crippen molar-refractivity contribution in [3.8, 4) is 5.75 Å². The molecule has 0 fully saturated rings. The van der Waals surface area contributed by atoms with Crippen LogP contribution in [0.15, 0.2) is 36.4 Å². The van der Waals surface area contributed by atoms with Gasteiger partial charge in [-0.1, -0.05) is 17.7 Å². The molecule has 6 heteroatoms. The standard InChI is InChI=1S/C17H19ClN2O3/c1-12-8-13(9-16(18)20-12)11-19-17(21)14-4-3-5-15(10-14)23-7-6-22-2/h3-5,8-10H,6-7,11H2,1-2H3,(H,19,21). The van der Waals surface area contributed by atoms with Crippen LogP contribution in [0.25, 0.3) is 0 Å². The van der Waals surface area contributed by atoms with Gasteiger partial charge >= 0.3 is 0 Å². The molecule has 2 aromatic rings. The van der Waals surface area contributed by atoms with Crippen LogP contribution in [0.2, 0.25) is 5.15 Å². The number of methoxy groups -OCH3 is 1. The van der Waals surface area contributed by atoms with Gasteiger partial charge in [-0.25, -0.2) is 4.98 Å². The highest BCUT2D eigenvalue weighted by atomic mass is 35.5. The molecule has 1 amide bonds. The van der Waals surface area contributed by atoms with Crippen LogP contribution in [0, 0.1) is 6.92 Å². The molecule has 0 atom stereocenters. The zero-order valence-electron chi connectivity index (χ0n) is 13.1. The Morgan fingerprint density at radius 3 is 2.83 bits per heavy atom. The Kier molecular flexibility index (Phi) is 6.38. The number of amides is 1. The monoisotopic (exact) mass is 334 g/mol. The molecule has 1 N–H and O–H groups in total. The number of pyridine rings is 1. The van der Waals surface area contributed by atoms with Gasteiger partial charge in [0.05, 0.1) is 6.61 Å². The fourth-order valence-corrected chi connectivity index (χ4v) is 2.33. The fraction of sp³-hybridized carbons (Fsp3) is 0.294. The van der Waals surface area contributed by atoms with Crippen LogP contribution < -0.4 is 10.1 Å². The zero-order chi connectivity index (χ0) is 16.7. The van der Waals surface area contributed by atoms with Crippen LogP contribution in [0.4, 0.5) is 0 Å². The lowest BCUT2D eigenvalue weighted by Crippen LogP contribution is -2.23. The number of benzene rings is 1. The summed E-state index contributed by atoms with van der Waals surface area (Å²) in [5, 5.41) is 3.28. The number of halogens is 1. The minimum Gasteiger partial charge on any atom is -0.491 e. The average molecular weight is 335 g/mol. The molecule has 0 spiro atoms. The predicted octanol–water partition coefficient (Wildman–Crippen LogP) is 3.00. The first-order chi connectivity index (χ1) is 11.1. The SMILES string of the molecule is COCCOc1cccc(C(=O)NCc2cc(C)nc(Cl)c2)c1. The molecular weight excluding hydrogens is 316 g/mol. The Morgan fingerprint density at radius 2 is 2.09 bits per heavy atom. The maximum atomic E-state index is 12.2. The molecule has 2 rings (SSSR count). The van der Waals surface area contributed by atoms with E-state index in [0.29, 0.717) is 36.2 Å². The molecule has 0 aliphatic carbocycles. The van der Waals surface area contributed by atoms with Gasteiger partial charge in [-0.3, -0.25) is 4.79 Å². The highest BCUT2D eigenvalue weighted by Gasteiger charge is 2.07. The summed E-state index contributed by atoms with van der Waals surface area (Å²) in [4.78, 5) is 16.3. The van der Waals surface area contributed by atoms with Gasteiger partial charge in [0.2, 0.25) is 0 Å². The first-order valence-corrected chi connectivity index (χ1v) is 7.59. The number of aryl methyl sites for hydroxylation is 1. The van der Waals surface area contributed by atoms with Crippen molar-refractivity contribution >= 4 is 17.5 Å². The summed E-state index contributed by atoms with van der Waals surface area (Å²) >= 11 is 5.91. The van der Waals surface area contributed by atoms with Crippen molar-refractivity contribution < 1.29 is 14.3 Å². The van der Waals surface area contributed by atoms with E-state index in [0.717, 1.165) is 11.3 Å². The zero-order valence-corrected chi connectivity index (χ0v) is 13.9. The Balaban J connectivity index is 1.96. The molecule has 0 bridgehead atoms. The van der Waals surface area contributed by atoms with Crippen LogP contribution in [0.1, 0.15) is 21.6 Å². The van der Waals surface area contributed by atoms with Gasteiger partial charge in [-0.15, -0.1) is 0 Å². The average Bonchev–Trinajstić information content (AvgIpc) is 2.52. The summed E-state index contributed by atoms with van der Waals surface area (Å²) in [6, 6.07) is 10.7. The van der Waals surface area contributed by atoms with Gasteiger partial charge in [0.25, 0.3) is 5.91 Å². The third kappa shape index (κ3) is 5.54. The van der Waals surface area contributed by atoms with Crippen LogP contribution in [0.5, 0.6) is 5.75 Å². The van der Waals surface area contributed by atoms with E-state index in [1.54, 1.807) is 37.4 Å². The lowest BCUT2D eigenvalue weighted by molar-refractivity contribution is 0.0950. The number of ether oxygens (including phenoxy) is 2. The van der Waals surface area contributed by atoms with Crippen LogP contribution in [0.3, 0.4) is 0 Å². The highest BCUT2D eigenvalue weighted by molar-refractivity contribution is 6.29. The van der Waals surface area contributed by atoms with Gasteiger partial charge in [0, 0.05) is 24.9 Å². The van der Waals surface area contributed by atoms with Gasteiger partial charge in [0.15, 0.2) is 0 Å². The van der Waals surface area contributed by atoms with E-state index < -0.39 is 0 Å². The third-order valence-electron chi connectivity index (χ3n) is 3.09. The maximum Gasteiger partial charge on any atom is 0.251 e. The Labute approximate surface area is 140 Å². The van der Waals surface area contributed by atoms with E-state index in [9.17, 15) is 4.79 Å². The van der Waals surface area contributed by atoms with E-state index in [1.807, 2.05) is 13.0 Å². The summed E-state index contributed by atoms with van der Waals surface area (Å²) in [7, 11) is 1.61. The normalized spacial score (nSPS) is 10.4. The second kappa shape index (κ2) is 8.50. The number of carbonyl (C=O) groups excluding carboxylic acids is 1. The minimum atomic E-state index is -0.173. The molecule has 1 aromatic heterocycles. The second-order valence-electron chi connectivity index (χ2n) is 4.99. The van der Waals surface area contributed by atoms with Gasteiger partial charge in [0.1, 0.15) is 17.5 Å². The topological polar surface area (TPSA) is 60.5 Å². The summed E-state index contributed by atoms with van der Waals surface area (Å²) < 4.78 is 10.4. The summed E-state index contributed by atoms with van der Waals surface area (Å²) in [6.45, 7) is 3.18. The predicted molar refractivity (Wildman–Crippen MR) is 89.0 cm³/mol. The van der Waals surface area contributed by atoms with Crippen molar-refractivity contribution in [1.82, 2.24) is 10.3 Å². The summed E-state index contributed by atoms with van der Waals surface area (Å²) in [5.74, 6) is 0.463. The largest absolute Gasteiger partial charge is 0.491 e. The molecule has 5 nitrogen and oxygen atoms in total. The molecule has 0 saturated carbocycles. The number of rotatable bonds is 7. The number of aromatic nitrogens is 1. The molecule has 0 unspecified atom stereocenters. The van der Waals surface area contributed by atoms with Crippen LogP contribution in [-0.4, -0.2) is 31.2 Å². The molecule has 122 valence electrons. The molecule has 1 heterocycles. The van der Waals surface area contributed by atoms with E-state index in [1.165, 1.54) is 0 Å². The van der Waals surface area contributed by atoms with Gasteiger partial charge < -0.3 is 14.8 Å². The Hall–Kier alpha value is -2.11. The number of nitrogens with one attached hydrogen (secondary N) is 1. The number of hydrogen-bond donors (Lipinski definition) is 1. The maximum absolute atomic E-state index is 12.2. The van der Waals surface area contributed by atoms with Crippen LogP contribution >= 0.6 is 11.6 Å². The second-order valence-corrected chi connectivity index (χ2v) is 5.38. The first kappa shape index (κ1) is 17.2. The van der Waals surface area contributed by atoms with Crippen LogP contribution in [-0.2, 0) is 11.3 Å². The molecule has 0 radical (unpaired) electrons. The summed E-state index contributed by atoms with van der Waals surface area (Å²) in [6.07, 6.45) is 0. The minimum absolute atomic E-state index is 0.173. The lowest BCUT2D eigenvalue weighted by atomic mass is 10.2. The molecule has 0 aliphatic heterocycles. The number of nitrogens with zero attached hydrogens (tertiary/aromatic N) is 1. The van der Waals surface area contributed by atoms with Crippen molar-refractivity contribution in [2.75, 3.05) is 20.3 Å². The fourth-order valence-electron chi connectivity index (χ4n) is 2.05. The number of carbonyl (C=O) groups is 1. The lowest BCUT2D eigenvalue weighted by Gasteiger charge is -2.09. The molecule has 0 aliphatic rings. The van der Waals surface area contributed by atoms with Crippen molar-refractivity contribution in [1.29, 1.82) is 0 Å². The van der Waals surface area contributed by atoms with E-state index in [2.05, 4.69) is 10.3 Å². The van der Waals surface area contributed by atoms with Crippen molar-refractivity contribution in [3.63, 3.8) is 0 Å². The number of hydrogen-bond acceptors (Lipinski definition) is 4. The van der Waals surface area contributed by atoms with Gasteiger partial charge in [-0.05, 0) is 42.8 Å². The first-order valence-electron chi connectivity index (χ1n) is 7.21. The van der Waals surface area contributed by atoms with E-state index in [4.69, 9.17) is 21.1 Å². The van der Waals surface area contributed by atoms with E-state index >= 15 is 0 Å². The summed E-state index contributed by atoms with van der Waals surface area (Å²) in [5.41, 5.74) is 2.26. The van der Waals surface area contributed by atoms with E-state index in [-0.39, 0.29) is 5.91 Å². The smallest absolute Gasteiger partial charge is 0.251 e. The molecular formula is C17H19ClN2O3. The quantitative estimate of drug-likeness (QED) is 0.624.